The van der Waals surface area contributed by atoms with E-state index in [0.29, 0.717) is 16.8 Å². The van der Waals surface area contributed by atoms with Gasteiger partial charge in [-0.25, -0.2) is 22.9 Å². The van der Waals surface area contributed by atoms with E-state index in [9.17, 15) is 23.2 Å². The molecule has 3 heterocycles. The first-order chi connectivity index (χ1) is 23.1. The number of hydrogen-bond acceptors (Lipinski definition) is 6. The first-order valence-electron chi connectivity index (χ1n) is 15.1. The molecular weight excluding hydrogens is 618 g/mol. The van der Waals surface area contributed by atoms with Crippen LogP contribution in [0.15, 0.2) is 104 Å². The minimum Gasteiger partial charge on any atom is -0.325 e. The van der Waals surface area contributed by atoms with Crippen molar-refractivity contribution in [3.8, 4) is 16.9 Å². The van der Waals surface area contributed by atoms with Gasteiger partial charge in [-0.05, 0) is 78.2 Å². The fourth-order valence-corrected chi connectivity index (χ4v) is 5.80. The van der Waals surface area contributed by atoms with E-state index in [0.717, 1.165) is 15.7 Å². The van der Waals surface area contributed by atoms with Crippen LogP contribution in [0.3, 0.4) is 0 Å². The molecule has 7 rings (SSSR count). The maximum absolute atomic E-state index is 15.0. The van der Waals surface area contributed by atoms with Gasteiger partial charge in [0.1, 0.15) is 35.1 Å². The predicted molar refractivity (Wildman–Crippen MR) is 173 cm³/mol. The normalized spacial score (nSPS) is 16.7. The Morgan fingerprint density at radius 3 is 2.54 bits per heavy atom. The molecule has 2 atom stereocenters. The Morgan fingerprint density at radius 2 is 1.77 bits per heavy atom. The van der Waals surface area contributed by atoms with Gasteiger partial charge >= 0.3 is 6.03 Å². The average Bonchev–Trinajstić information content (AvgIpc) is 3.84. The number of anilines is 1. The van der Waals surface area contributed by atoms with Crippen molar-refractivity contribution in [2.45, 2.75) is 25.4 Å². The number of hydrogen-bond donors (Lipinski definition) is 2. The molecule has 1 aliphatic heterocycles. The van der Waals surface area contributed by atoms with E-state index in [2.05, 4.69) is 26.0 Å². The van der Waals surface area contributed by atoms with Crippen molar-refractivity contribution in [1.29, 1.82) is 0 Å². The Bertz CT molecular complexity index is 2220. The number of nitrogens with one attached hydrogen (secondary N) is 2. The Labute approximate surface area is 272 Å². The zero-order chi connectivity index (χ0) is 33.6. The van der Waals surface area contributed by atoms with E-state index in [4.69, 9.17) is 0 Å². The number of aromatic nitrogens is 5. The van der Waals surface area contributed by atoms with Crippen LogP contribution in [-0.2, 0) is 15.1 Å². The number of carbonyl (C=O) groups excluding carboxylic acids is 3. The Morgan fingerprint density at radius 1 is 0.958 bits per heavy atom. The monoisotopic (exact) mass is 646 g/mol. The molecule has 48 heavy (non-hydrogen) atoms. The molecule has 1 unspecified atom stereocenters. The van der Waals surface area contributed by atoms with E-state index in [1.807, 2.05) is 36.4 Å². The Balaban J connectivity index is 1.05. The zero-order valence-corrected chi connectivity index (χ0v) is 25.8. The van der Waals surface area contributed by atoms with Crippen molar-refractivity contribution >= 4 is 34.3 Å². The molecule has 0 bridgehead atoms. The fraction of sp³-hybridized carbons (Fsp3) is 0.143. The third-order valence-corrected chi connectivity index (χ3v) is 8.54. The molecule has 13 heteroatoms. The maximum Gasteiger partial charge on any atom is 0.325 e. The standard InChI is InChI=1S/C35H28F2N8O3/c1-21(23-9-13-31(29(37)17-23)44-15-5-14-38-44)45-19-30(41-42-45)27-18-26(11-12-28(27)36)39-32(46)20-43-33(47)35(2,40-34(43)48)25-10-8-22-6-3-4-7-24(22)16-25/h3-19,21H,20H2,1-2H3,(H,39,46)(H,40,48)/t21-,35?/m1/s1. The summed E-state index contributed by atoms with van der Waals surface area (Å²) in [4.78, 5) is 40.2. The van der Waals surface area contributed by atoms with Crippen molar-refractivity contribution < 1.29 is 23.2 Å². The SMILES string of the molecule is C[C@H](c1ccc(-n2cccn2)c(F)c1)n1cc(-c2cc(NC(=O)CN3C(=O)NC(C)(c4ccc5ccccc5c4)C3=O)ccc2F)nn1. The third kappa shape index (κ3) is 5.44. The minimum atomic E-state index is -1.36. The number of carbonyl (C=O) groups is 3. The molecule has 6 aromatic rings. The van der Waals surface area contributed by atoms with Crippen molar-refractivity contribution in [1.82, 2.24) is 35.0 Å². The molecular formula is C35H28F2N8O3. The van der Waals surface area contributed by atoms with Crippen LogP contribution in [0.25, 0.3) is 27.7 Å². The van der Waals surface area contributed by atoms with Crippen molar-refractivity contribution in [2.75, 3.05) is 11.9 Å². The lowest BCUT2D eigenvalue weighted by molar-refractivity contribution is -0.133. The highest BCUT2D eigenvalue weighted by Crippen LogP contribution is 2.32. The number of urea groups is 1. The van der Waals surface area contributed by atoms with E-state index in [-0.39, 0.29) is 16.9 Å². The Hall–Kier alpha value is -6.24. The highest BCUT2D eigenvalue weighted by molar-refractivity contribution is 6.10. The summed E-state index contributed by atoms with van der Waals surface area (Å²) in [6, 6.07) is 22.4. The number of amides is 4. The second kappa shape index (κ2) is 11.8. The van der Waals surface area contributed by atoms with Gasteiger partial charge in [0.15, 0.2) is 0 Å². The van der Waals surface area contributed by atoms with E-state index < -0.39 is 47.6 Å². The third-order valence-electron chi connectivity index (χ3n) is 8.54. The molecule has 4 aromatic carbocycles. The average molecular weight is 647 g/mol. The van der Waals surface area contributed by atoms with Gasteiger partial charge in [-0.15, -0.1) is 5.10 Å². The largest absolute Gasteiger partial charge is 0.325 e. The summed E-state index contributed by atoms with van der Waals surface area (Å²) in [7, 11) is 0. The molecule has 0 radical (unpaired) electrons. The summed E-state index contributed by atoms with van der Waals surface area (Å²) < 4.78 is 32.7. The molecule has 0 spiro atoms. The predicted octanol–water partition coefficient (Wildman–Crippen LogP) is 5.58. The Kier molecular flexibility index (Phi) is 7.50. The van der Waals surface area contributed by atoms with Crippen LogP contribution in [0.2, 0.25) is 0 Å². The van der Waals surface area contributed by atoms with Gasteiger partial charge in [0.05, 0.1) is 12.2 Å². The molecule has 240 valence electrons. The lowest BCUT2D eigenvalue weighted by Crippen LogP contribution is -2.42. The quantitative estimate of drug-likeness (QED) is 0.208. The van der Waals surface area contributed by atoms with Crippen LogP contribution in [0.1, 0.15) is 31.0 Å². The number of nitrogens with zero attached hydrogens (tertiary/aromatic N) is 6. The number of halogens is 2. The summed E-state index contributed by atoms with van der Waals surface area (Å²) in [6.07, 6.45) is 4.72. The minimum absolute atomic E-state index is 0.0605. The molecule has 1 saturated heterocycles. The van der Waals surface area contributed by atoms with Crippen LogP contribution >= 0.6 is 0 Å². The molecule has 2 aromatic heterocycles. The molecule has 2 N–H and O–H groups in total. The fourth-order valence-electron chi connectivity index (χ4n) is 5.80. The molecule has 0 saturated carbocycles. The second-order valence-electron chi connectivity index (χ2n) is 11.7. The van der Waals surface area contributed by atoms with Crippen LogP contribution < -0.4 is 10.6 Å². The van der Waals surface area contributed by atoms with Crippen LogP contribution in [0, 0.1) is 11.6 Å². The number of fused-ring (bicyclic) bond motifs is 1. The summed E-state index contributed by atoms with van der Waals surface area (Å²) in [5.41, 5.74) is 0.600. The molecule has 1 aliphatic rings. The van der Waals surface area contributed by atoms with Crippen molar-refractivity contribution in [2.24, 2.45) is 0 Å². The van der Waals surface area contributed by atoms with Crippen molar-refractivity contribution in [3.05, 3.63) is 126 Å². The van der Waals surface area contributed by atoms with Gasteiger partial charge in [0.2, 0.25) is 5.91 Å². The first kappa shape index (κ1) is 30.4. The zero-order valence-electron chi connectivity index (χ0n) is 25.8. The van der Waals surface area contributed by atoms with Gasteiger partial charge < -0.3 is 10.6 Å². The molecule has 1 fully saturated rings. The number of rotatable bonds is 8. The summed E-state index contributed by atoms with van der Waals surface area (Å²) >= 11 is 0. The van der Waals surface area contributed by atoms with Gasteiger partial charge in [0.25, 0.3) is 5.91 Å². The van der Waals surface area contributed by atoms with Crippen LogP contribution in [-0.4, -0.2) is 54.1 Å². The summed E-state index contributed by atoms with van der Waals surface area (Å²) in [5.74, 6) is -2.30. The molecule has 11 nitrogen and oxygen atoms in total. The maximum atomic E-state index is 15.0. The highest BCUT2D eigenvalue weighted by Gasteiger charge is 2.49. The second-order valence-corrected chi connectivity index (χ2v) is 11.7. The van der Waals surface area contributed by atoms with Gasteiger partial charge in [-0.2, -0.15) is 5.10 Å². The highest BCUT2D eigenvalue weighted by atomic mass is 19.1. The van der Waals surface area contributed by atoms with Gasteiger partial charge in [-0.3, -0.25) is 14.5 Å². The smallest absolute Gasteiger partial charge is 0.325 e. The summed E-state index contributed by atoms with van der Waals surface area (Å²) in [5, 5.41) is 19.5. The van der Waals surface area contributed by atoms with E-state index in [1.54, 1.807) is 50.5 Å². The van der Waals surface area contributed by atoms with Gasteiger partial charge in [-0.1, -0.05) is 47.7 Å². The number of imide groups is 1. The number of benzene rings is 4. The topological polar surface area (TPSA) is 127 Å². The van der Waals surface area contributed by atoms with Crippen molar-refractivity contribution in [3.63, 3.8) is 0 Å². The molecule has 0 aliphatic carbocycles. The van der Waals surface area contributed by atoms with Crippen LogP contribution in [0.4, 0.5) is 19.3 Å². The van der Waals surface area contributed by atoms with Crippen LogP contribution in [0.5, 0.6) is 0 Å². The lowest BCUT2D eigenvalue weighted by Gasteiger charge is -2.22. The van der Waals surface area contributed by atoms with E-state index in [1.165, 1.54) is 39.8 Å². The van der Waals surface area contributed by atoms with E-state index >= 15 is 0 Å². The summed E-state index contributed by atoms with van der Waals surface area (Å²) in [6.45, 7) is 2.85. The molecule has 4 amide bonds. The van der Waals surface area contributed by atoms with Gasteiger partial charge in [0, 0.05) is 23.6 Å². The lowest BCUT2D eigenvalue weighted by atomic mass is 9.90. The first-order valence-corrected chi connectivity index (χ1v) is 15.1.